The van der Waals surface area contributed by atoms with Gasteiger partial charge in [0.1, 0.15) is 6.26 Å². The average Bonchev–Trinajstić information content (AvgIpc) is 2.53. The molecule has 5 nitrogen and oxygen atoms in total. The largest absolute Gasteiger partial charge is 0.481 e. The fourth-order valence-electron chi connectivity index (χ4n) is 0.702. The molecule has 0 aliphatic carbocycles. The van der Waals surface area contributed by atoms with Crippen LogP contribution in [-0.2, 0) is 9.59 Å². The Kier molecular flexibility index (Phi) is 3.08. The molecule has 1 rings (SSSR count). The quantitative estimate of drug-likeness (QED) is 0.707. The lowest BCUT2D eigenvalue weighted by Crippen LogP contribution is -2.09. The van der Waals surface area contributed by atoms with Crippen LogP contribution in [0.1, 0.15) is 12.8 Å². The van der Waals surface area contributed by atoms with Crippen LogP contribution in [0.2, 0.25) is 0 Å². The zero-order chi connectivity index (χ0) is 9.68. The second-order valence-electron chi connectivity index (χ2n) is 2.33. The highest BCUT2D eigenvalue weighted by atomic mass is 16.5. The Bertz CT molecular complexity index is 287. The van der Waals surface area contributed by atoms with Crippen molar-refractivity contribution in [1.29, 1.82) is 0 Å². The second-order valence-corrected chi connectivity index (χ2v) is 2.33. The van der Waals surface area contributed by atoms with Gasteiger partial charge in [0.05, 0.1) is 19.1 Å². The van der Waals surface area contributed by atoms with E-state index in [0.717, 1.165) is 0 Å². The Hall–Kier alpha value is -1.78. The monoisotopic (exact) mass is 184 g/mol. The molecule has 0 fully saturated rings. The van der Waals surface area contributed by atoms with Crippen molar-refractivity contribution in [2.75, 3.05) is 0 Å². The van der Waals surface area contributed by atoms with Crippen LogP contribution >= 0.6 is 0 Å². The van der Waals surface area contributed by atoms with Gasteiger partial charge >= 0.3 is 11.9 Å². The highest BCUT2D eigenvalue weighted by molar-refractivity contribution is 5.77. The average molecular weight is 184 g/mol. The molecule has 0 saturated heterocycles. The lowest BCUT2D eigenvalue weighted by molar-refractivity contribution is -0.142. The molecule has 1 heterocycles. The van der Waals surface area contributed by atoms with E-state index in [-0.39, 0.29) is 18.6 Å². The third-order valence-electron chi connectivity index (χ3n) is 1.27. The van der Waals surface area contributed by atoms with Crippen molar-refractivity contribution in [2.45, 2.75) is 12.8 Å². The summed E-state index contributed by atoms with van der Waals surface area (Å²) in [6.45, 7) is 0. The maximum atomic E-state index is 10.9. The number of furan rings is 1. The van der Waals surface area contributed by atoms with Crippen molar-refractivity contribution >= 4 is 11.9 Å². The van der Waals surface area contributed by atoms with Gasteiger partial charge in [0.25, 0.3) is 0 Å². The zero-order valence-corrected chi connectivity index (χ0v) is 6.73. The fraction of sp³-hybridized carbons (Fsp3) is 0.250. The van der Waals surface area contributed by atoms with E-state index in [1.807, 2.05) is 0 Å². The molecule has 0 saturated carbocycles. The van der Waals surface area contributed by atoms with Crippen molar-refractivity contribution in [3.63, 3.8) is 0 Å². The van der Waals surface area contributed by atoms with Gasteiger partial charge in [-0.15, -0.1) is 0 Å². The third-order valence-corrected chi connectivity index (χ3v) is 1.27. The van der Waals surface area contributed by atoms with Crippen molar-refractivity contribution in [3.8, 4) is 5.75 Å². The zero-order valence-electron chi connectivity index (χ0n) is 6.73. The summed E-state index contributed by atoms with van der Waals surface area (Å²) in [7, 11) is 0. The minimum absolute atomic E-state index is 0.138. The van der Waals surface area contributed by atoms with Crippen molar-refractivity contribution < 1.29 is 23.8 Å². The number of carbonyl (C=O) groups excluding carboxylic acids is 1. The number of carbonyl (C=O) groups is 2. The molecule has 1 N–H and O–H groups in total. The number of rotatable bonds is 4. The molecule has 70 valence electrons. The van der Waals surface area contributed by atoms with Crippen LogP contribution < -0.4 is 4.74 Å². The first kappa shape index (κ1) is 9.31. The summed E-state index contributed by atoms with van der Waals surface area (Å²) < 4.78 is 9.36. The van der Waals surface area contributed by atoms with E-state index in [4.69, 9.17) is 9.84 Å². The van der Waals surface area contributed by atoms with Crippen LogP contribution in [0.5, 0.6) is 5.75 Å². The molecule has 0 bridgehead atoms. The number of hydrogen-bond donors (Lipinski definition) is 1. The highest BCUT2D eigenvalue weighted by Crippen LogP contribution is 2.10. The van der Waals surface area contributed by atoms with Crippen LogP contribution in [0.4, 0.5) is 0 Å². The van der Waals surface area contributed by atoms with Gasteiger partial charge in [-0.05, 0) is 0 Å². The van der Waals surface area contributed by atoms with Gasteiger partial charge in [-0.25, -0.2) is 0 Å². The Balaban J connectivity index is 2.30. The number of carboxylic acids is 1. The smallest absolute Gasteiger partial charge is 0.311 e. The lowest BCUT2D eigenvalue weighted by Gasteiger charge is -1.97. The predicted molar refractivity (Wildman–Crippen MR) is 41.2 cm³/mol. The fourth-order valence-corrected chi connectivity index (χ4v) is 0.702. The summed E-state index contributed by atoms with van der Waals surface area (Å²) >= 11 is 0. The molecule has 0 amide bonds. The molecule has 0 atom stereocenters. The van der Waals surface area contributed by atoms with E-state index >= 15 is 0 Å². The first-order chi connectivity index (χ1) is 6.18. The van der Waals surface area contributed by atoms with Gasteiger partial charge in [-0.2, -0.15) is 0 Å². The minimum Gasteiger partial charge on any atom is -0.481 e. The summed E-state index contributed by atoms with van der Waals surface area (Å²) in [4.78, 5) is 21.0. The van der Waals surface area contributed by atoms with Gasteiger partial charge < -0.3 is 14.3 Å². The van der Waals surface area contributed by atoms with Crippen molar-refractivity contribution in [1.82, 2.24) is 0 Å². The number of carboxylic acid groups (broad SMARTS) is 1. The first-order valence-corrected chi connectivity index (χ1v) is 3.63. The molecule has 0 unspecified atom stereocenters. The molecule has 0 aliphatic rings. The number of aliphatic carboxylic acids is 1. The van der Waals surface area contributed by atoms with E-state index in [2.05, 4.69) is 4.42 Å². The number of ether oxygens (including phenoxy) is 1. The van der Waals surface area contributed by atoms with E-state index in [0.29, 0.717) is 0 Å². The summed E-state index contributed by atoms with van der Waals surface area (Å²) in [5.41, 5.74) is 0. The minimum atomic E-state index is -1.02. The van der Waals surface area contributed by atoms with Crippen LogP contribution in [-0.4, -0.2) is 17.0 Å². The molecule has 1 aromatic heterocycles. The Morgan fingerprint density at radius 3 is 2.77 bits per heavy atom. The van der Waals surface area contributed by atoms with E-state index in [1.165, 1.54) is 18.6 Å². The number of esters is 1. The maximum absolute atomic E-state index is 10.9. The van der Waals surface area contributed by atoms with Gasteiger partial charge in [-0.1, -0.05) is 0 Å². The highest BCUT2D eigenvalue weighted by Gasteiger charge is 2.07. The van der Waals surface area contributed by atoms with Gasteiger partial charge in [0.2, 0.25) is 0 Å². The third kappa shape index (κ3) is 3.42. The maximum Gasteiger partial charge on any atom is 0.311 e. The molecule has 5 heteroatoms. The predicted octanol–water partition coefficient (Wildman–Crippen LogP) is 1.05. The van der Waals surface area contributed by atoms with Crippen LogP contribution in [0, 0.1) is 0 Å². The Morgan fingerprint density at radius 1 is 1.46 bits per heavy atom. The van der Waals surface area contributed by atoms with E-state index in [9.17, 15) is 9.59 Å². The lowest BCUT2D eigenvalue weighted by atomic mass is 10.3. The van der Waals surface area contributed by atoms with Gasteiger partial charge in [-0.3, -0.25) is 9.59 Å². The SMILES string of the molecule is O=C(O)CCC(=O)Oc1ccoc1. The topological polar surface area (TPSA) is 76.7 Å². The molecule has 0 radical (unpaired) electrons. The standard InChI is InChI=1S/C8H8O5/c9-7(10)1-2-8(11)13-6-3-4-12-5-6/h3-5H,1-2H2,(H,9,10). The van der Waals surface area contributed by atoms with Gasteiger partial charge in [0.15, 0.2) is 5.75 Å². The normalized spacial score (nSPS) is 9.54. The van der Waals surface area contributed by atoms with Crippen molar-refractivity contribution in [2.24, 2.45) is 0 Å². The van der Waals surface area contributed by atoms with Crippen LogP contribution in [0.15, 0.2) is 23.0 Å². The summed E-state index contributed by atoms with van der Waals surface area (Å²) in [5, 5.41) is 8.26. The summed E-state index contributed by atoms with van der Waals surface area (Å²) in [6.07, 6.45) is 2.26. The van der Waals surface area contributed by atoms with Crippen LogP contribution in [0.25, 0.3) is 0 Å². The molecular weight excluding hydrogens is 176 g/mol. The first-order valence-electron chi connectivity index (χ1n) is 3.63. The van der Waals surface area contributed by atoms with E-state index in [1.54, 1.807) is 0 Å². The molecule has 0 aliphatic heterocycles. The molecule has 1 aromatic rings. The van der Waals surface area contributed by atoms with E-state index < -0.39 is 11.9 Å². The molecular formula is C8H8O5. The van der Waals surface area contributed by atoms with Gasteiger partial charge in [0, 0.05) is 6.07 Å². The molecule has 0 spiro atoms. The summed E-state index contributed by atoms with van der Waals surface area (Å²) in [6, 6.07) is 1.47. The molecule has 0 aromatic carbocycles. The summed E-state index contributed by atoms with van der Waals surface area (Å²) in [5.74, 6) is -1.32. The second kappa shape index (κ2) is 4.30. The van der Waals surface area contributed by atoms with Crippen molar-refractivity contribution in [3.05, 3.63) is 18.6 Å². The number of hydrogen-bond acceptors (Lipinski definition) is 4. The Morgan fingerprint density at radius 2 is 2.23 bits per heavy atom. The van der Waals surface area contributed by atoms with Crippen LogP contribution in [0.3, 0.4) is 0 Å². The molecule has 13 heavy (non-hydrogen) atoms. The Labute approximate surface area is 73.9 Å².